The molecule has 1 saturated heterocycles. The number of hydrogen-bond donors (Lipinski definition) is 1. The van der Waals surface area contributed by atoms with E-state index in [1.165, 1.54) is 0 Å². The Labute approximate surface area is 115 Å². The van der Waals surface area contributed by atoms with Crippen LogP contribution >= 0.6 is 0 Å². The van der Waals surface area contributed by atoms with Gasteiger partial charge in [0.1, 0.15) is 17.7 Å². The molecule has 1 aliphatic rings. The van der Waals surface area contributed by atoms with E-state index in [9.17, 15) is 9.59 Å². The van der Waals surface area contributed by atoms with Crippen molar-refractivity contribution < 1.29 is 19.1 Å². The van der Waals surface area contributed by atoms with Crippen LogP contribution in [0.25, 0.3) is 0 Å². The average molecular weight is 271 g/mol. The maximum absolute atomic E-state index is 12.1. The number of carbonyl (C=O) groups is 2. The Hall–Kier alpha value is -1.10. The van der Waals surface area contributed by atoms with Crippen molar-refractivity contribution in [3.63, 3.8) is 0 Å². The number of amides is 1. The number of hydrogen-bond acceptors (Lipinski definition) is 4. The van der Waals surface area contributed by atoms with E-state index in [1.54, 1.807) is 0 Å². The van der Waals surface area contributed by atoms with Gasteiger partial charge in [0, 0.05) is 6.61 Å². The first-order chi connectivity index (χ1) is 8.70. The zero-order valence-corrected chi connectivity index (χ0v) is 12.5. The highest BCUT2D eigenvalue weighted by Gasteiger charge is 2.32. The van der Waals surface area contributed by atoms with Crippen LogP contribution in [0.3, 0.4) is 0 Å². The van der Waals surface area contributed by atoms with Crippen LogP contribution in [0.15, 0.2) is 0 Å². The molecule has 19 heavy (non-hydrogen) atoms. The lowest BCUT2D eigenvalue weighted by Crippen LogP contribution is -2.50. The molecule has 5 heteroatoms. The van der Waals surface area contributed by atoms with E-state index in [0.29, 0.717) is 13.0 Å². The second-order valence-electron chi connectivity index (χ2n) is 6.27. The van der Waals surface area contributed by atoms with Gasteiger partial charge < -0.3 is 14.8 Å². The maximum atomic E-state index is 12.1. The minimum Gasteiger partial charge on any atom is -0.458 e. The topological polar surface area (TPSA) is 64.6 Å². The van der Waals surface area contributed by atoms with Crippen molar-refractivity contribution >= 4 is 11.9 Å². The molecule has 5 nitrogen and oxygen atoms in total. The Morgan fingerprint density at radius 3 is 2.37 bits per heavy atom. The Balaban J connectivity index is 2.62. The van der Waals surface area contributed by atoms with E-state index in [2.05, 4.69) is 5.32 Å². The predicted molar refractivity (Wildman–Crippen MR) is 71.6 cm³/mol. The van der Waals surface area contributed by atoms with Gasteiger partial charge >= 0.3 is 5.97 Å². The van der Waals surface area contributed by atoms with E-state index in [0.717, 1.165) is 6.42 Å². The first-order valence-electron chi connectivity index (χ1n) is 6.85. The third kappa shape index (κ3) is 5.19. The first kappa shape index (κ1) is 16.0. The fourth-order valence-electron chi connectivity index (χ4n) is 1.89. The Bertz CT molecular complexity index is 327. The third-order valence-corrected chi connectivity index (χ3v) is 2.85. The molecular weight excluding hydrogens is 246 g/mol. The molecule has 1 rings (SSSR count). The van der Waals surface area contributed by atoms with Crippen molar-refractivity contribution in [3.8, 4) is 0 Å². The Morgan fingerprint density at radius 1 is 1.32 bits per heavy atom. The summed E-state index contributed by atoms with van der Waals surface area (Å²) in [6, 6.07) is -0.629. The molecule has 0 spiro atoms. The van der Waals surface area contributed by atoms with Crippen LogP contribution < -0.4 is 5.32 Å². The lowest BCUT2D eigenvalue weighted by molar-refractivity contribution is -0.160. The van der Waals surface area contributed by atoms with Gasteiger partial charge in [-0.05, 0) is 39.5 Å². The minimum absolute atomic E-state index is 0.0276. The van der Waals surface area contributed by atoms with Crippen molar-refractivity contribution in [2.75, 3.05) is 6.61 Å². The molecule has 1 heterocycles. The lowest BCUT2D eigenvalue weighted by atomic mass is 10.0. The largest absolute Gasteiger partial charge is 0.458 e. The van der Waals surface area contributed by atoms with Gasteiger partial charge in [0.2, 0.25) is 5.91 Å². The molecule has 0 aromatic heterocycles. The number of carbonyl (C=O) groups excluding carboxylic acids is 2. The minimum atomic E-state index is -0.629. The van der Waals surface area contributed by atoms with Crippen LogP contribution in [0.4, 0.5) is 0 Å². The smallest absolute Gasteiger partial charge is 0.329 e. The number of esters is 1. The highest BCUT2D eigenvalue weighted by atomic mass is 16.6. The van der Waals surface area contributed by atoms with Crippen molar-refractivity contribution in [3.05, 3.63) is 0 Å². The zero-order chi connectivity index (χ0) is 14.6. The molecule has 1 unspecified atom stereocenters. The molecule has 2 atom stereocenters. The van der Waals surface area contributed by atoms with E-state index < -0.39 is 23.7 Å². The zero-order valence-electron chi connectivity index (χ0n) is 12.5. The molecule has 1 N–H and O–H groups in total. The molecule has 0 aromatic carbocycles. The molecule has 0 saturated carbocycles. The van der Waals surface area contributed by atoms with E-state index in [-0.39, 0.29) is 11.8 Å². The molecule has 0 aliphatic carbocycles. The average Bonchev–Trinajstić information content (AvgIpc) is 2.75. The monoisotopic (exact) mass is 271 g/mol. The van der Waals surface area contributed by atoms with E-state index in [4.69, 9.17) is 9.47 Å². The van der Waals surface area contributed by atoms with Crippen LogP contribution in [-0.2, 0) is 19.1 Å². The Kier molecular flexibility index (Phi) is 5.35. The fraction of sp³-hybridized carbons (Fsp3) is 0.857. The van der Waals surface area contributed by atoms with Crippen molar-refractivity contribution in [1.29, 1.82) is 0 Å². The SMILES string of the molecule is CC(C)[C@@H](NC(=O)C1CCCO1)C(=O)OC(C)(C)C. The summed E-state index contributed by atoms with van der Waals surface area (Å²) in [7, 11) is 0. The summed E-state index contributed by atoms with van der Waals surface area (Å²) in [4.78, 5) is 24.1. The Morgan fingerprint density at radius 2 is 1.95 bits per heavy atom. The standard InChI is InChI=1S/C14H25NO4/c1-9(2)11(13(17)19-14(3,4)5)15-12(16)10-7-6-8-18-10/h9-11H,6-8H2,1-5H3,(H,15,16)/t10?,11-/m1/s1. The first-order valence-corrected chi connectivity index (χ1v) is 6.85. The quantitative estimate of drug-likeness (QED) is 0.790. The van der Waals surface area contributed by atoms with Gasteiger partial charge in [-0.3, -0.25) is 4.79 Å². The van der Waals surface area contributed by atoms with Gasteiger partial charge in [-0.1, -0.05) is 13.8 Å². The second-order valence-corrected chi connectivity index (χ2v) is 6.27. The predicted octanol–water partition coefficient (Wildman–Crippen LogP) is 1.65. The lowest BCUT2D eigenvalue weighted by Gasteiger charge is -2.27. The van der Waals surface area contributed by atoms with E-state index in [1.807, 2.05) is 34.6 Å². The molecular formula is C14H25NO4. The molecule has 0 bridgehead atoms. The summed E-state index contributed by atoms with van der Waals surface area (Å²) in [6.07, 6.45) is 1.17. The van der Waals surface area contributed by atoms with Crippen molar-refractivity contribution in [1.82, 2.24) is 5.32 Å². The van der Waals surface area contributed by atoms with Crippen LogP contribution in [0.5, 0.6) is 0 Å². The normalized spacial score (nSPS) is 21.3. The van der Waals surface area contributed by atoms with Crippen LogP contribution in [0, 0.1) is 5.92 Å². The van der Waals surface area contributed by atoms with Gasteiger partial charge in [0.05, 0.1) is 0 Å². The second kappa shape index (κ2) is 6.37. The van der Waals surface area contributed by atoms with Crippen LogP contribution in [0.1, 0.15) is 47.5 Å². The summed E-state index contributed by atoms with van der Waals surface area (Å²) in [5.41, 5.74) is -0.557. The summed E-state index contributed by atoms with van der Waals surface area (Å²) in [5, 5.41) is 2.74. The van der Waals surface area contributed by atoms with Crippen LogP contribution in [-0.4, -0.2) is 36.2 Å². The van der Waals surface area contributed by atoms with Crippen molar-refractivity contribution in [2.45, 2.75) is 65.2 Å². The molecule has 1 amide bonds. The highest BCUT2D eigenvalue weighted by molar-refractivity contribution is 5.87. The van der Waals surface area contributed by atoms with Gasteiger partial charge in [0.15, 0.2) is 0 Å². The molecule has 1 fully saturated rings. The number of ether oxygens (including phenoxy) is 2. The molecule has 1 aliphatic heterocycles. The van der Waals surface area contributed by atoms with Gasteiger partial charge in [-0.2, -0.15) is 0 Å². The summed E-state index contributed by atoms with van der Waals surface area (Å²) >= 11 is 0. The van der Waals surface area contributed by atoms with Gasteiger partial charge in [0.25, 0.3) is 0 Å². The van der Waals surface area contributed by atoms with Gasteiger partial charge in [-0.25, -0.2) is 4.79 Å². The highest BCUT2D eigenvalue weighted by Crippen LogP contribution is 2.15. The summed E-state index contributed by atoms with van der Waals surface area (Å²) in [6.45, 7) is 9.80. The third-order valence-electron chi connectivity index (χ3n) is 2.85. The fourth-order valence-corrected chi connectivity index (χ4v) is 1.89. The van der Waals surface area contributed by atoms with Crippen molar-refractivity contribution in [2.24, 2.45) is 5.92 Å². The molecule has 110 valence electrons. The number of nitrogens with one attached hydrogen (secondary N) is 1. The van der Waals surface area contributed by atoms with Gasteiger partial charge in [-0.15, -0.1) is 0 Å². The van der Waals surface area contributed by atoms with Crippen LogP contribution in [0.2, 0.25) is 0 Å². The summed E-state index contributed by atoms with van der Waals surface area (Å²) < 4.78 is 10.6. The molecule has 0 aromatic rings. The maximum Gasteiger partial charge on any atom is 0.329 e. The molecule has 0 radical (unpaired) electrons. The van der Waals surface area contributed by atoms with E-state index >= 15 is 0 Å². The summed E-state index contributed by atoms with van der Waals surface area (Å²) in [5.74, 6) is -0.642. The number of rotatable bonds is 4.